The highest BCUT2D eigenvalue weighted by atomic mass is 35.5. The first-order valence-electron chi connectivity index (χ1n) is 13.5. The molecule has 0 saturated carbocycles. The molecule has 2 aliphatic heterocycles. The van der Waals surface area contributed by atoms with Crippen LogP contribution in [0.2, 0.25) is 5.02 Å². The maximum Gasteiger partial charge on any atom is 0.138 e. The highest BCUT2D eigenvalue weighted by Gasteiger charge is 2.35. The molecule has 10 heteroatoms. The number of hydrogen-bond acceptors (Lipinski definition) is 9. The Morgan fingerprint density at radius 2 is 2.12 bits per heavy atom. The fourth-order valence-electron chi connectivity index (χ4n) is 4.71. The van der Waals surface area contributed by atoms with Crippen LogP contribution in [0.25, 0.3) is 0 Å². The molecule has 3 N–H and O–H groups in total. The van der Waals surface area contributed by atoms with Gasteiger partial charge >= 0.3 is 0 Å². The van der Waals surface area contributed by atoms with E-state index in [2.05, 4.69) is 32.8 Å². The highest BCUT2D eigenvalue weighted by molar-refractivity contribution is 6.32. The predicted octanol–water partition coefficient (Wildman–Crippen LogP) is 4.44. The minimum atomic E-state index is -0.859. The van der Waals surface area contributed by atoms with Crippen LogP contribution in [0.3, 0.4) is 0 Å². The molecule has 3 aliphatic rings. The number of nitrogens with one attached hydrogen (secondary N) is 2. The molecule has 212 valence electrons. The van der Waals surface area contributed by atoms with Crippen LogP contribution in [0.5, 0.6) is 5.75 Å². The van der Waals surface area contributed by atoms with Crippen molar-refractivity contribution in [2.75, 3.05) is 39.2 Å². The van der Waals surface area contributed by atoms with E-state index in [1.54, 1.807) is 18.4 Å². The van der Waals surface area contributed by atoms with E-state index in [0.29, 0.717) is 36.2 Å². The molecule has 40 heavy (non-hydrogen) atoms. The van der Waals surface area contributed by atoms with Crippen molar-refractivity contribution >= 4 is 29.7 Å². The average molecular weight is 565 g/mol. The quantitative estimate of drug-likeness (QED) is 0.254. The van der Waals surface area contributed by atoms with Gasteiger partial charge in [-0.25, -0.2) is 0 Å². The maximum atomic E-state index is 10.6. The summed E-state index contributed by atoms with van der Waals surface area (Å²) in [6.45, 7) is 3.48. The van der Waals surface area contributed by atoms with Crippen molar-refractivity contribution in [3.63, 3.8) is 0 Å². The van der Waals surface area contributed by atoms with Crippen LogP contribution in [-0.4, -0.2) is 74.6 Å². The summed E-state index contributed by atoms with van der Waals surface area (Å²) in [4.78, 5) is 10.9. The van der Waals surface area contributed by atoms with Gasteiger partial charge in [0.2, 0.25) is 0 Å². The summed E-state index contributed by atoms with van der Waals surface area (Å²) < 4.78 is 11.8. The minimum absolute atomic E-state index is 0.286. The number of benzene rings is 1. The van der Waals surface area contributed by atoms with Gasteiger partial charge in [0.15, 0.2) is 0 Å². The Balaban J connectivity index is 1.50. The van der Waals surface area contributed by atoms with Crippen LogP contribution in [0.1, 0.15) is 26.2 Å². The molecule has 4 unspecified atom stereocenters. The lowest BCUT2D eigenvalue weighted by atomic mass is 9.83. The zero-order valence-electron chi connectivity index (χ0n) is 23.2. The number of aliphatic hydroxyl groups excluding tert-OH is 1. The summed E-state index contributed by atoms with van der Waals surface area (Å²) in [5, 5.41) is 27.8. The number of hydrogen-bond donors (Lipinski definition) is 3. The Kier molecular flexibility index (Phi) is 10.6. The third-order valence-corrected chi connectivity index (χ3v) is 6.96. The number of allylic oxidation sites excluding steroid dienone is 2. The van der Waals surface area contributed by atoms with Crippen molar-refractivity contribution < 1.29 is 14.6 Å². The van der Waals surface area contributed by atoms with Gasteiger partial charge in [-0.05, 0) is 70.1 Å². The molecule has 1 aromatic carbocycles. The average Bonchev–Trinajstić information content (AvgIpc) is 2.94. The van der Waals surface area contributed by atoms with Gasteiger partial charge < -0.3 is 24.8 Å². The molecule has 0 saturated heterocycles. The molecule has 4 atom stereocenters. The molecular weight excluding hydrogens is 528 g/mol. The van der Waals surface area contributed by atoms with Crippen LogP contribution in [-0.2, 0) is 4.74 Å². The first kappa shape index (κ1) is 29.6. The number of aliphatic hydroxyl groups is 1. The van der Waals surface area contributed by atoms with Crippen LogP contribution in [0.15, 0.2) is 75.2 Å². The first-order valence-corrected chi connectivity index (χ1v) is 13.9. The second-order valence-corrected chi connectivity index (χ2v) is 10.4. The van der Waals surface area contributed by atoms with E-state index in [1.165, 1.54) is 0 Å². The van der Waals surface area contributed by atoms with Crippen molar-refractivity contribution in [1.29, 1.82) is 5.26 Å². The summed E-state index contributed by atoms with van der Waals surface area (Å²) in [6, 6.07) is 7.24. The molecular formula is C30H37ClN6O3. The Bertz CT molecular complexity index is 1280. The summed E-state index contributed by atoms with van der Waals surface area (Å²) in [5.41, 5.74) is 3.37. The number of ether oxygens (including phenoxy) is 2. The largest absolute Gasteiger partial charge is 0.496 e. The predicted molar refractivity (Wildman–Crippen MR) is 160 cm³/mol. The van der Waals surface area contributed by atoms with Crippen LogP contribution in [0, 0.1) is 17.2 Å². The van der Waals surface area contributed by atoms with Gasteiger partial charge in [0.1, 0.15) is 30.3 Å². The van der Waals surface area contributed by atoms with E-state index < -0.39 is 12.1 Å². The third-order valence-electron chi connectivity index (χ3n) is 6.67. The number of halogens is 1. The lowest BCUT2D eigenvalue weighted by Gasteiger charge is -2.35. The van der Waals surface area contributed by atoms with Gasteiger partial charge in [0, 0.05) is 30.7 Å². The zero-order valence-corrected chi connectivity index (χ0v) is 23.9. The number of nitrogens with zero attached hydrogens (tertiary/aromatic N) is 4. The second kappa shape index (κ2) is 14.3. The molecule has 0 spiro atoms. The van der Waals surface area contributed by atoms with E-state index in [0.717, 1.165) is 42.0 Å². The monoisotopic (exact) mass is 564 g/mol. The Labute approximate surface area is 241 Å². The molecule has 1 aromatic rings. The molecule has 2 heterocycles. The molecule has 0 bridgehead atoms. The van der Waals surface area contributed by atoms with Gasteiger partial charge in [-0.15, -0.1) is 0 Å². The molecule has 9 nitrogen and oxygen atoms in total. The number of nitriles is 1. The number of anilines is 1. The summed E-state index contributed by atoms with van der Waals surface area (Å²) in [7, 11) is 3.94. The normalized spacial score (nSPS) is 23.0. The van der Waals surface area contributed by atoms with Gasteiger partial charge in [-0.3, -0.25) is 15.3 Å². The zero-order chi connectivity index (χ0) is 28.5. The Morgan fingerprint density at radius 1 is 1.27 bits per heavy atom. The fraction of sp³-hybridized carbons (Fsp3) is 0.433. The van der Waals surface area contributed by atoms with E-state index in [-0.39, 0.29) is 12.1 Å². The number of aliphatic imine (C=N–C) groups is 2. The Morgan fingerprint density at radius 3 is 2.83 bits per heavy atom. The van der Waals surface area contributed by atoms with Crippen molar-refractivity contribution in [3.05, 3.63) is 70.3 Å². The lowest BCUT2D eigenvalue weighted by Crippen LogP contribution is -2.44. The minimum Gasteiger partial charge on any atom is -0.496 e. The highest BCUT2D eigenvalue weighted by Crippen LogP contribution is 2.36. The van der Waals surface area contributed by atoms with Crippen molar-refractivity contribution in [2.24, 2.45) is 15.9 Å². The second-order valence-electron chi connectivity index (χ2n) is 10.0. The van der Waals surface area contributed by atoms with Gasteiger partial charge in [-0.1, -0.05) is 23.8 Å². The van der Waals surface area contributed by atoms with E-state index in [9.17, 15) is 10.4 Å². The number of likely N-dealkylation sites (N-methyl/N-ethyl adjacent to an activating group) is 1. The molecule has 0 fully saturated rings. The first-order chi connectivity index (χ1) is 19.4. The summed E-state index contributed by atoms with van der Waals surface area (Å²) in [5.74, 6) is 0.782. The molecule has 0 amide bonds. The molecule has 0 radical (unpaired) electrons. The van der Waals surface area contributed by atoms with Crippen molar-refractivity contribution in [2.45, 2.75) is 44.5 Å². The molecule has 0 aromatic heterocycles. The standard InChI is InChI=1S/C30H37ClN6O3/c1-4-39-28-16-25-23(15-26(28)36-29(38)9-7-13-37(2)3)30(20(17-32)18-34-25)35-21-10-11-27(24(31)14-21)40-19-22-8-5-6-12-33-22/h7-12,14,16,18,20,26,29-30,35-36,38H,4-6,13,15,19H2,1-3H3/b9-7+. The number of rotatable bonds is 12. The maximum absolute atomic E-state index is 10.6. The van der Waals surface area contributed by atoms with Crippen LogP contribution in [0.4, 0.5) is 5.69 Å². The van der Waals surface area contributed by atoms with Gasteiger partial charge in [0.25, 0.3) is 0 Å². The van der Waals surface area contributed by atoms with E-state index in [1.807, 2.05) is 56.4 Å². The SMILES string of the molecule is CCOC1=CC2=C(CC1NC(O)/C=C/CN(C)C)C(Nc1ccc(OCC3=CCCC=N3)c(Cl)c1)C(C#N)C=N2. The van der Waals surface area contributed by atoms with Crippen LogP contribution < -0.4 is 15.4 Å². The van der Waals surface area contributed by atoms with E-state index >= 15 is 0 Å². The smallest absolute Gasteiger partial charge is 0.138 e. The van der Waals surface area contributed by atoms with Gasteiger partial charge in [-0.2, -0.15) is 5.26 Å². The lowest BCUT2D eigenvalue weighted by molar-refractivity contribution is 0.138. The van der Waals surface area contributed by atoms with E-state index in [4.69, 9.17) is 21.1 Å². The summed E-state index contributed by atoms with van der Waals surface area (Å²) >= 11 is 6.57. The van der Waals surface area contributed by atoms with Crippen LogP contribution >= 0.6 is 11.6 Å². The Hall–Kier alpha value is -3.42. The molecule has 1 aliphatic carbocycles. The van der Waals surface area contributed by atoms with Crippen molar-refractivity contribution in [1.82, 2.24) is 10.2 Å². The fourth-order valence-corrected chi connectivity index (χ4v) is 4.95. The molecule has 4 rings (SSSR count). The van der Waals surface area contributed by atoms with Crippen molar-refractivity contribution in [3.8, 4) is 11.8 Å². The third kappa shape index (κ3) is 7.83. The summed E-state index contributed by atoms with van der Waals surface area (Å²) in [6.07, 6.45) is 12.7. The topological polar surface area (TPSA) is 114 Å². The van der Waals surface area contributed by atoms with Gasteiger partial charge in [0.05, 0.1) is 41.2 Å².